The summed E-state index contributed by atoms with van der Waals surface area (Å²) in [7, 11) is 1.60. The van der Waals surface area contributed by atoms with Gasteiger partial charge in [0.15, 0.2) is 0 Å². The minimum atomic E-state index is -0.911. The van der Waals surface area contributed by atoms with Gasteiger partial charge in [0.25, 0.3) is 5.56 Å². The lowest BCUT2D eigenvalue weighted by Gasteiger charge is -2.30. The Labute approximate surface area is 150 Å². The minimum Gasteiger partial charge on any atom is -0.497 e. The Balaban J connectivity index is 1.60. The molecule has 1 aromatic heterocycles. The van der Waals surface area contributed by atoms with Crippen LogP contribution in [0.15, 0.2) is 41.3 Å². The first-order chi connectivity index (χ1) is 12.5. The number of carboxylic acid groups (broad SMARTS) is 1. The molecule has 0 aliphatic carbocycles. The van der Waals surface area contributed by atoms with Crippen molar-refractivity contribution in [2.24, 2.45) is 0 Å². The molecular formula is C18H21N3O5. The van der Waals surface area contributed by atoms with Crippen molar-refractivity contribution in [3.05, 3.63) is 52.4 Å². The van der Waals surface area contributed by atoms with E-state index >= 15 is 0 Å². The number of nitrogens with zero attached hydrogens (tertiary/aromatic N) is 3. The second-order valence-corrected chi connectivity index (χ2v) is 6.12. The summed E-state index contributed by atoms with van der Waals surface area (Å²) in [5.74, 6) is 1.17. The van der Waals surface area contributed by atoms with Crippen molar-refractivity contribution in [3.8, 4) is 11.5 Å². The average Bonchev–Trinajstić information content (AvgIpc) is 2.65. The van der Waals surface area contributed by atoms with Crippen molar-refractivity contribution in [2.75, 3.05) is 20.2 Å². The van der Waals surface area contributed by atoms with Gasteiger partial charge in [-0.2, -0.15) is 5.10 Å². The maximum absolute atomic E-state index is 12.3. The molecule has 26 heavy (non-hydrogen) atoms. The highest BCUT2D eigenvalue weighted by molar-refractivity contribution is 5.65. The number of ether oxygens (including phenoxy) is 2. The lowest BCUT2D eigenvalue weighted by molar-refractivity contribution is 0.0890. The number of hydrogen-bond acceptors (Lipinski definition) is 5. The maximum Gasteiger partial charge on any atom is 0.407 e. The number of amides is 1. The van der Waals surface area contributed by atoms with Gasteiger partial charge in [0, 0.05) is 32.0 Å². The summed E-state index contributed by atoms with van der Waals surface area (Å²) in [5, 5.41) is 13.1. The van der Waals surface area contributed by atoms with Crippen LogP contribution in [0.2, 0.25) is 0 Å². The number of hydrogen-bond donors (Lipinski definition) is 1. The molecular weight excluding hydrogens is 338 g/mol. The lowest BCUT2D eigenvalue weighted by Crippen LogP contribution is -2.41. The lowest BCUT2D eigenvalue weighted by atomic mass is 10.1. The molecule has 1 N–H and O–H groups in total. The highest BCUT2D eigenvalue weighted by Gasteiger charge is 2.23. The molecule has 1 amide bonds. The number of likely N-dealkylation sites (tertiary alicyclic amines) is 1. The van der Waals surface area contributed by atoms with Crippen LogP contribution in [-0.2, 0) is 6.54 Å². The van der Waals surface area contributed by atoms with Gasteiger partial charge in [-0.15, -0.1) is 0 Å². The first kappa shape index (κ1) is 17.8. The minimum absolute atomic E-state index is 0.107. The number of rotatable bonds is 5. The van der Waals surface area contributed by atoms with Crippen LogP contribution < -0.4 is 15.0 Å². The molecule has 1 saturated heterocycles. The van der Waals surface area contributed by atoms with E-state index in [1.54, 1.807) is 7.11 Å². The summed E-state index contributed by atoms with van der Waals surface area (Å²) in [5.41, 5.74) is 0.691. The third-order valence-electron chi connectivity index (χ3n) is 4.35. The summed E-state index contributed by atoms with van der Waals surface area (Å²) in [6.45, 7) is 1.23. The summed E-state index contributed by atoms with van der Waals surface area (Å²) in [4.78, 5) is 24.5. The molecule has 1 aromatic carbocycles. The molecule has 0 bridgehead atoms. The van der Waals surface area contributed by atoms with E-state index in [1.165, 1.54) is 21.8 Å². The molecule has 0 spiro atoms. The quantitative estimate of drug-likeness (QED) is 0.875. The Kier molecular flexibility index (Phi) is 5.40. The molecule has 0 unspecified atom stereocenters. The van der Waals surface area contributed by atoms with Gasteiger partial charge in [0.1, 0.15) is 17.6 Å². The monoisotopic (exact) mass is 359 g/mol. The van der Waals surface area contributed by atoms with Gasteiger partial charge >= 0.3 is 6.09 Å². The third-order valence-corrected chi connectivity index (χ3v) is 4.35. The molecule has 1 aliphatic rings. The van der Waals surface area contributed by atoms with Crippen LogP contribution in [0, 0.1) is 0 Å². The van der Waals surface area contributed by atoms with Gasteiger partial charge in [-0.3, -0.25) is 4.79 Å². The Hall–Kier alpha value is -3.03. The van der Waals surface area contributed by atoms with E-state index in [-0.39, 0.29) is 11.7 Å². The fourth-order valence-electron chi connectivity index (χ4n) is 2.86. The van der Waals surface area contributed by atoms with E-state index in [2.05, 4.69) is 5.10 Å². The van der Waals surface area contributed by atoms with Crippen LogP contribution in [0.1, 0.15) is 18.4 Å². The number of carbonyl (C=O) groups is 1. The summed E-state index contributed by atoms with van der Waals surface area (Å²) in [6, 6.07) is 8.85. The molecule has 0 atom stereocenters. The second-order valence-electron chi connectivity index (χ2n) is 6.12. The van der Waals surface area contributed by atoms with Crippen molar-refractivity contribution in [1.29, 1.82) is 0 Å². The Bertz CT molecular complexity index is 810. The maximum atomic E-state index is 12.3. The molecule has 8 heteroatoms. The van der Waals surface area contributed by atoms with Gasteiger partial charge in [-0.1, -0.05) is 12.1 Å². The molecule has 0 radical (unpaired) electrons. The van der Waals surface area contributed by atoms with Gasteiger partial charge in [0.05, 0.1) is 19.9 Å². The zero-order valence-electron chi connectivity index (χ0n) is 14.5. The summed E-state index contributed by atoms with van der Waals surface area (Å²) in [6.07, 6.45) is 1.70. The van der Waals surface area contributed by atoms with Crippen LogP contribution in [0.25, 0.3) is 0 Å². The van der Waals surface area contributed by atoms with Crippen LogP contribution >= 0.6 is 0 Å². The Morgan fingerprint density at radius 2 is 1.92 bits per heavy atom. The fraction of sp³-hybridized carbons (Fsp3) is 0.389. The van der Waals surface area contributed by atoms with Crippen molar-refractivity contribution in [1.82, 2.24) is 14.7 Å². The van der Waals surface area contributed by atoms with Gasteiger partial charge in [0.2, 0.25) is 0 Å². The van der Waals surface area contributed by atoms with Crippen molar-refractivity contribution in [2.45, 2.75) is 25.5 Å². The van der Waals surface area contributed by atoms with Crippen molar-refractivity contribution < 1.29 is 19.4 Å². The van der Waals surface area contributed by atoms with Crippen LogP contribution in [0.3, 0.4) is 0 Å². The van der Waals surface area contributed by atoms with Crippen molar-refractivity contribution in [3.63, 3.8) is 0 Å². The topological polar surface area (TPSA) is 93.9 Å². The van der Waals surface area contributed by atoms with E-state index in [9.17, 15) is 9.59 Å². The van der Waals surface area contributed by atoms with E-state index < -0.39 is 6.09 Å². The fourth-order valence-corrected chi connectivity index (χ4v) is 2.86. The first-order valence-corrected chi connectivity index (χ1v) is 8.40. The molecule has 2 aromatic rings. The normalized spacial score (nSPS) is 14.9. The average molecular weight is 359 g/mol. The second kappa shape index (κ2) is 7.90. The molecule has 1 fully saturated rings. The van der Waals surface area contributed by atoms with Gasteiger partial charge in [-0.05, 0) is 17.7 Å². The zero-order valence-corrected chi connectivity index (χ0v) is 14.5. The summed E-state index contributed by atoms with van der Waals surface area (Å²) < 4.78 is 12.3. The molecule has 138 valence electrons. The Morgan fingerprint density at radius 3 is 2.50 bits per heavy atom. The number of piperidine rings is 1. The predicted octanol–water partition coefficient (Wildman–Crippen LogP) is 1.82. The number of methoxy groups -OCH3 is 1. The number of aromatic nitrogens is 2. The van der Waals surface area contributed by atoms with Crippen LogP contribution in [0.5, 0.6) is 11.5 Å². The largest absolute Gasteiger partial charge is 0.497 e. The zero-order chi connectivity index (χ0) is 18.5. The van der Waals surface area contributed by atoms with E-state index in [0.717, 1.165) is 11.3 Å². The highest BCUT2D eigenvalue weighted by atomic mass is 16.5. The SMILES string of the molecule is COc1ccc(Cn2ncc(OC3CCN(C(=O)O)CC3)cc2=O)cc1. The van der Waals surface area contributed by atoms with Gasteiger partial charge in [-0.25, -0.2) is 9.48 Å². The highest BCUT2D eigenvalue weighted by Crippen LogP contribution is 2.17. The molecule has 2 heterocycles. The Morgan fingerprint density at radius 1 is 1.23 bits per heavy atom. The van der Waals surface area contributed by atoms with E-state index in [0.29, 0.717) is 38.2 Å². The third kappa shape index (κ3) is 4.33. The molecule has 3 rings (SSSR count). The van der Waals surface area contributed by atoms with Crippen molar-refractivity contribution >= 4 is 6.09 Å². The standard InChI is InChI=1S/C18H21N3O5/c1-25-14-4-2-13(3-5-14)12-21-17(22)10-16(11-19-21)26-15-6-8-20(9-7-15)18(23)24/h2-5,10-11,15H,6-9,12H2,1H3,(H,23,24). The van der Waals surface area contributed by atoms with E-state index in [1.807, 2.05) is 24.3 Å². The predicted molar refractivity (Wildman–Crippen MR) is 93.8 cm³/mol. The van der Waals surface area contributed by atoms with Crippen LogP contribution in [0.4, 0.5) is 4.79 Å². The smallest absolute Gasteiger partial charge is 0.407 e. The molecule has 1 aliphatic heterocycles. The first-order valence-electron chi connectivity index (χ1n) is 8.40. The number of benzene rings is 1. The molecule has 8 nitrogen and oxygen atoms in total. The van der Waals surface area contributed by atoms with Crippen LogP contribution in [-0.4, -0.2) is 52.2 Å². The van der Waals surface area contributed by atoms with Gasteiger partial charge < -0.3 is 19.5 Å². The molecule has 0 saturated carbocycles. The summed E-state index contributed by atoms with van der Waals surface area (Å²) >= 11 is 0. The van der Waals surface area contributed by atoms with E-state index in [4.69, 9.17) is 14.6 Å².